The van der Waals surface area contributed by atoms with Crippen LogP contribution in [0.4, 0.5) is 9.59 Å². The molecule has 0 unspecified atom stereocenters. The number of carbonyl (C=O) groups is 2. The third-order valence-corrected chi connectivity index (χ3v) is 5.20. The fourth-order valence-electron chi connectivity index (χ4n) is 3.73. The van der Waals surface area contributed by atoms with Gasteiger partial charge in [-0.15, -0.1) is 0 Å². The molecule has 0 aliphatic rings. The van der Waals surface area contributed by atoms with E-state index in [4.69, 9.17) is 4.74 Å². The van der Waals surface area contributed by atoms with Crippen LogP contribution in [0.25, 0.3) is 0 Å². The molecule has 0 bridgehead atoms. The van der Waals surface area contributed by atoms with Crippen LogP contribution in [0.15, 0.2) is 121 Å². The maximum absolute atomic E-state index is 13.3. The topological polar surface area (TPSA) is 43.4 Å². The van der Waals surface area contributed by atoms with Crippen molar-refractivity contribution in [2.45, 2.75) is 0 Å². The first-order chi connectivity index (χ1) is 15.2. The van der Waals surface area contributed by atoms with Gasteiger partial charge in [-0.1, -0.05) is 143 Å². The average Bonchev–Trinajstić information content (AvgIpc) is 2.82. The Kier molecular flexibility index (Phi) is 6.44. The van der Waals surface area contributed by atoms with Crippen LogP contribution >= 0.6 is 0 Å². The van der Waals surface area contributed by atoms with Gasteiger partial charge in [-0.2, -0.15) is 0 Å². The Labute approximate surface area is 182 Å². The quantitative estimate of drug-likeness (QED) is 0.368. The highest BCUT2D eigenvalue weighted by Crippen LogP contribution is 2.02. The van der Waals surface area contributed by atoms with Crippen LogP contribution in [0.5, 0.6) is 0 Å². The average molecular weight is 402 g/mol. The lowest BCUT2D eigenvalue weighted by atomic mass is 9.39. The van der Waals surface area contributed by atoms with Gasteiger partial charge in [0.2, 0.25) is 0 Å². The van der Waals surface area contributed by atoms with Gasteiger partial charge in [0, 0.05) is 0 Å². The van der Waals surface area contributed by atoms with Gasteiger partial charge in [0.25, 0.3) is 11.7 Å². The van der Waals surface area contributed by atoms with Gasteiger partial charge in [-0.05, 0) is 0 Å². The Morgan fingerprint density at radius 2 is 0.645 bits per heavy atom. The van der Waals surface area contributed by atoms with E-state index < -0.39 is 25.2 Å². The molecule has 4 rings (SSSR count). The number of benzene rings is 4. The van der Waals surface area contributed by atoms with Crippen molar-refractivity contribution in [3.63, 3.8) is 0 Å². The van der Waals surface area contributed by atoms with Crippen LogP contribution in [0.2, 0.25) is 0 Å². The first kappa shape index (κ1) is 20.4. The van der Waals surface area contributed by atoms with Gasteiger partial charge in [-0.25, -0.2) is 0 Å². The summed E-state index contributed by atoms with van der Waals surface area (Å²) in [7, 11) is 0. The fourth-order valence-corrected chi connectivity index (χ4v) is 3.73. The van der Waals surface area contributed by atoms with E-state index in [0.29, 0.717) is 0 Å². The van der Waals surface area contributed by atoms with Crippen molar-refractivity contribution in [1.29, 1.82) is 0 Å². The molecule has 0 aliphatic carbocycles. The van der Waals surface area contributed by atoms with Gasteiger partial charge >= 0.3 is 13.4 Å². The molecular formula is C26H20B2O3. The first-order valence-corrected chi connectivity index (χ1v) is 10.2. The maximum Gasteiger partial charge on any atom is 0.343 e. The normalized spacial score (nSPS) is 10.2. The van der Waals surface area contributed by atoms with E-state index in [-0.39, 0.29) is 0 Å². The van der Waals surface area contributed by atoms with Gasteiger partial charge in [0.15, 0.2) is 0 Å². The monoisotopic (exact) mass is 402 g/mol. The molecule has 0 fully saturated rings. The number of ether oxygens (including phenoxy) is 1. The van der Waals surface area contributed by atoms with E-state index in [0.717, 1.165) is 21.9 Å². The zero-order valence-corrected chi connectivity index (χ0v) is 16.9. The molecule has 3 nitrogen and oxygen atoms in total. The lowest BCUT2D eigenvalue weighted by Crippen LogP contribution is -2.54. The summed E-state index contributed by atoms with van der Waals surface area (Å²) in [5, 5.41) is 0. The molecule has 0 saturated carbocycles. The molecule has 5 heteroatoms. The van der Waals surface area contributed by atoms with Gasteiger partial charge < -0.3 is 4.74 Å². The molecule has 0 atom stereocenters. The van der Waals surface area contributed by atoms with Gasteiger partial charge in [0.1, 0.15) is 0 Å². The summed E-state index contributed by atoms with van der Waals surface area (Å²) in [6, 6.07) is 37.5. The Bertz CT molecular complexity index is 962. The molecule has 4 aromatic carbocycles. The Morgan fingerprint density at radius 3 is 0.871 bits per heavy atom. The second-order valence-electron chi connectivity index (χ2n) is 7.25. The zero-order valence-electron chi connectivity index (χ0n) is 16.9. The van der Waals surface area contributed by atoms with E-state index in [1.807, 2.05) is 121 Å². The van der Waals surface area contributed by atoms with Gasteiger partial charge in [0.05, 0.1) is 0 Å². The van der Waals surface area contributed by atoms with Crippen LogP contribution in [0.1, 0.15) is 0 Å². The molecular weight excluding hydrogens is 382 g/mol. The maximum atomic E-state index is 13.3. The molecule has 4 aromatic rings. The molecule has 148 valence electrons. The molecule has 0 spiro atoms. The zero-order chi connectivity index (χ0) is 21.5. The molecule has 31 heavy (non-hydrogen) atoms. The first-order valence-electron chi connectivity index (χ1n) is 10.2. The minimum Gasteiger partial charge on any atom is -0.409 e. The summed E-state index contributed by atoms with van der Waals surface area (Å²) in [4.78, 5) is 26.6. The third-order valence-electron chi connectivity index (χ3n) is 5.20. The Hall–Kier alpha value is -3.85. The number of hydrogen-bond acceptors (Lipinski definition) is 3. The smallest absolute Gasteiger partial charge is 0.343 e. The van der Waals surface area contributed by atoms with Crippen molar-refractivity contribution >= 4 is 47.0 Å². The Balaban J connectivity index is 1.66. The van der Waals surface area contributed by atoms with Crippen molar-refractivity contribution in [1.82, 2.24) is 0 Å². The van der Waals surface area contributed by atoms with Crippen molar-refractivity contribution in [2.24, 2.45) is 0 Å². The van der Waals surface area contributed by atoms with E-state index in [1.165, 1.54) is 0 Å². The lowest BCUT2D eigenvalue weighted by molar-refractivity contribution is 0.183. The van der Waals surface area contributed by atoms with E-state index in [9.17, 15) is 9.59 Å². The van der Waals surface area contributed by atoms with Crippen LogP contribution in [-0.4, -0.2) is 25.2 Å². The van der Waals surface area contributed by atoms with Crippen LogP contribution < -0.4 is 21.9 Å². The van der Waals surface area contributed by atoms with Crippen molar-refractivity contribution < 1.29 is 14.3 Å². The van der Waals surface area contributed by atoms with Crippen LogP contribution in [-0.2, 0) is 4.74 Å². The summed E-state index contributed by atoms with van der Waals surface area (Å²) in [5.74, 6) is -1.17. The molecule has 0 N–H and O–H groups in total. The van der Waals surface area contributed by atoms with Crippen molar-refractivity contribution in [3.05, 3.63) is 121 Å². The van der Waals surface area contributed by atoms with Crippen molar-refractivity contribution in [2.75, 3.05) is 0 Å². The highest BCUT2D eigenvalue weighted by Gasteiger charge is 2.36. The van der Waals surface area contributed by atoms with E-state index in [1.54, 1.807) is 0 Å². The molecule has 0 saturated heterocycles. The molecule has 0 amide bonds. The lowest BCUT2D eigenvalue weighted by Gasteiger charge is -2.16. The van der Waals surface area contributed by atoms with Crippen molar-refractivity contribution in [3.8, 4) is 0 Å². The van der Waals surface area contributed by atoms with E-state index in [2.05, 4.69) is 0 Å². The Morgan fingerprint density at radius 1 is 0.419 bits per heavy atom. The van der Waals surface area contributed by atoms with Crippen LogP contribution in [0.3, 0.4) is 0 Å². The summed E-state index contributed by atoms with van der Waals surface area (Å²) in [5.41, 5.74) is 3.12. The predicted molar refractivity (Wildman–Crippen MR) is 128 cm³/mol. The largest absolute Gasteiger partial charge is 0.409 e. The minimum absolute atomic E-state index is 0.584. The fraction of sp³-hybridized carbons (Fsp3) is 0. The van der Waals surface area contributed by atoms with Gasteiger partial charge in [-0.3, -0.25) is 9.59 Å². The number of carbonyl (C=O) groups excluding carboxylic acids is 2. The third kappa shape index (κ3) is 4.84. The second kappa shape index (κ2) is 9.77. The molecule has 0 heterocycles. The van der Waals surface area contributed by atoms with E-state index >= 15 is 0 Å². The predicted octanol–water partition coefficient (Wildman–Crippen LogP) is 3.02. The highest BCUT2D eigenvalue weighted by atomic mass is 16.6. The molecule has 0 aliphatic heterocycles. The standard InChI is InChI=1S/C26H20B2O3/c29-25(27(21-13-5-1-6-14-21)22-15-7-2-8-16-22)31-26(30)28(23-17-9-3-10-18-23)24-19-11-4-12-20-24/h1-20H. The summed E-state index contributed by atoms with van der Waals surface area (Å²) >= 11 is 0. The molecule has 0 radical (unpaired) electrons. The summed E-state index contributed by atoms with van der Waals surface area (Å²) in [6.45, 7) is -1.36. The molecule has 0 aromatic heterocycles. The second-order valence-corrected chi connectivity index (χ2v) is 7.25. The minimum atomic E-state index is -0.682. The number of rotatable bonds is 6. The summed E-state index contributed by atoms with van der Waals surface area (Å²) in [6.07, 6.45) is 0. The summed E-state index contributed by atoms with van der Waals surface area (Å²) < 4.78 is 5.51. The SMILES string of the molecule is O=C(OC(=O)B(c1ccccc1)c1ccccc1)B(c1ccccc1)c1ccccc1. The van der Waals surface area contributed by atoms with Crippen LogP contribution in [0, 0.1) is 0 Å². The number of hydrogen-bond donors (Lipinski definition) is 0. The highest BCUT2D eigenvalue weighted by molar-refractivity contribution is 7.10.